The van der Waals surface area contributed by atoms with E-state index in [0.29, 0.717) is 0 Å². The zero-order valence-corrected chi connectivity index (χ0v) is 9.70. The fourth-order valence-corrected chi connectivity index (χ4v) is 2.93. The van der Waals surface area contributed by atoms with Crippen molar-refractivity contribution in [3.8, 4) is 0 Å². The molecule has 2 rings (SSSR count). The van der Waals surface area contributed by atoms with E-state index in [1.165, 1.54) is 0 Å². The summed E-state index contributed by atoms with van der Waals surface area (Å²) in [4.78, 5) is 0. The summed E-state index contributed by atoms with van der Waals surface area (Å²) in [6, 6.07) is 3.99. The molecule has 2 N–H and O–H groups in total. The lowest BCUT2D eigenvalue weighted by Gasteiger charge is -1.98. The standard InChI is InChI=1S/C8H5ClINS/c9-5-3-12-8-4(5)1-2-6(10)7(8)11/h1-3H,11H2. The van der Waals surface area contributed by atoms with Crippen LogP contribution in [-0.2, 0) is 0 Å². The summed E-state index contributed by atoms with van der Waals surface area (Å²) >= 11 is 9.76. The number of nitrogens with two attached hydrogens (primary N) is 1. The van der Waals surface area contributed by atoms with Gasteiger partial charge in [-0.3, -0.25) is 0 Å². The lowest BCUT2D eigenvalue weighted by molar-refractivity contribution is 1.73. The van der Waals surface area contributed by atoms with Crippen molar-refractivity contribution in [2.75, 3.05) is 5.73 Å². The zero-order valence-electron chi connectivity index (χ0n) is 5.97. The van der Waals surface area contributed by atoms with Crippen molar-refractivity contribution in [1.82, 2.24) is 0 Å². The molecule has 4 heteroatoms. The van der Waals surface area contributed by atoms with E-state index in [1.54, 1.807) is 11.3 Å². The second kappa shape index (κ2) is 3.05. The number of halogens is 2. The van der Waals surface area contributed by atoms with Crippen LogP contribution in [0.5, 0.6) is 0 Å². The summed E-state index contributed by atoms with van der Waals surface area (Å²) in [6.07, 6.45) is 0. The molecule has 62 valence electrons. The summed E-state index contributed by atoms with van der Waals surface area (Å²) < 4.78 is 2.17. The van der Waals surface area contributed by atoms with E-state index in [4.69, 9.17) is 17.3 Å². The third-order valence-corrected chi connectivity index (χ3v) is 4.09. The predicted octanol–water partition coefficient (Wildman–Crippen LogP) is 3.74. The van der Waals surface area contributed by atoms with Gasteiger partial charge >= 0.3 is 0 Å². The van der Waals surface area contributed by atoms with Crippen LogP contribution in [0.4, 0.5) is 5.69 Å². The summed E-state index contributed by atoms with van der Waals surface area (Å²) in [5, 5.41) is 3.76. The SMILES string of the molecule is Nc1c(I)ccc2c(Cl)csc12. The van der Waals surface area contributed by atoms with Crippen LogP contribution in [-0.4, -0.2) is 0 Å². The Morgan fingerprint density at radius 1 is 1.42 bits per heavy atom. The maximum absolute atomic E-state index is 5.95. The van der Waals surface area contributed by atoms with E-state index in [2.05, 4.69) is 22.6 Å². The Balaban J connectivity index is 2.93. The van der Waals surface area contributed by atoms with Crippen LogP contribution in [0.3, 0.4) is 0 Å². The molecule has 0 saturated carbocycles. The molecule has 0 aliphatic carbocycles. The van der Waals surface area contributed by atoms with E-state index in [1.807, 2.05) is 17.5 Å². The van der Waals surface area contributed by atoms with Crippen molar-refractivity contribution in [1.29, 1.82) is 0 Å². The Hall–Kier alpha value is -0.0000000000000000833. The topological polar surface area (TPSA) is 26.0 Å². The Labute approximate surface area is 92.7 Å². The molecule has 0 bridgehead atoms. The average Bonchev–Trinajstić information content (AvgIpc) is 2.41. The molecule has 12 heavy (non-hydrogen) atoms. The number of hydrogen-bond acceptors (Lipinski definition) is 2. The number of thiophene rings is 1. The molecule has 0 radical (unpaired) electrons. The summed E-state index contributed by atoms with van der Waals surface area (Å²) in [5.41, 5.74) is 6.71. The molecule has 0 unspecified atom stereocenters. The second-order valence-corrected chi connectivity index (χ2v) is 4.87. The van der Waals surface area contributed by atoms with E-state index in [0.717, 1.165) is 24.4 Å². The monoisotopic (exact) mass is 309 g/mol. The molecular formula is C8H5ClINS. The molecule has 0 amide bonds. The third-order valence-electron chi connectivity index (χ3n) is 1.68. The zero-order chi connectivity index (χ0) is 8.72. The van der Waals surface area contributed by atoms with Crippen molar-refractivity contribution >= 4 is 61.3 Å². The molecule has 0 fully saturated rings. The number of nitrogen functional groups attached to an aromatic ring is 1. The Morgan fingerprint density at radius 3 is 2.92 bits per heavy atom. The van der Waals surface area contributed by atoms with Gasteiger partial charge in [-0.15, -0.1) is 11.3 Å². The molecule has 2 aromatic rings. The van der Waals surface area contributed by atoms with Crippen LogP contribution in [0.1, 0.15) is 0 Å². The van der Waals surface area contributed by atoms with E-state index in [9.17, 15) is 0 Å². The summed E-state index contributed by atoms with van der Waals surface area (Å²) in [5.74, 6) is 0. The summed E-state index contributed by atoms with van der Waals surface area (Å²) in [6.45, 7) is 0. The predicted molar refractivity (Wildman–Crippen MR) is 64.0 cm³/mol. The fourth-order valence-electron chi connectivity index (χ4n) is 1.06. The number of fused-ring (bicyclic) bond motifs is 1. The number of hydrogen-bond donors (Lipinski definition) is 1. The van der Waals surface area contributed by atoms with Crippen LogP contribution in [0, 0.1) is 3.57 Å². The quantitative estimate of drug-likeness (QED) is 0.582. The highest BCUT2D eigenvalue weighted by Gasteiger charge is 2.06. The fraction of sp³-hybridized carbons (Fsp3) is 0. The van der Waals surface area contributed by atoms with Crippen molar-refractivity contribution in [2.24, 2.45) is 0 Å². The van der Waals surface area contributed by atoms with Gasteiger partial charge in [0.1, 0.15) is 0 Å². The van der Waals surface area contributed by atoms with Gasteiger partial charge in [-0.2, -0.15) is 0 Å². The van der Waals surface area contributed by atoms with E-state index >= 15 is 0 Å². The first kappa shape index (κ1) is 8.59. The number of rotatable bonds is 0. The first-order chi connectivity index (χ1) is 5.70. The van der Waals surface area contributed by atoms with E-state index in [-0.39, 0.29) is 0 Å². The van der Waals surface area contributed by atoms with E-state index < -0.39 is 0 Å². The third kappa shape index (κ3) is 1.20. The van der Waals surface area contributed by atoms with Crippen LogP contribution in [0.25, 0.3) is 10.1 Å². The molecular weight excluding hydrogens is 305 g/mol. The molecule has 0 aliphatic rings. The Kier molecular flexibility index (Phi) is 2.18. The minimum Gasteiger partial charge on any atom is -0.397 e. The Bertz CT molecular complexity index is 438. The molecule has 1 aromatic carbocycles. The van der Waals surface area contributed by atoms with Gasteiger partial charge in [0, 0.05) is 14.3 Å². The molecule has 0 spiro atoms. The smallest absolute Gasteiger partial charge is 0.0631 e. The number of benzene rings is 1. The first-order valence-corrected chi connectivity index (χ1v) is 5.64. The van der Waals surface area contributed by atoms with Gasteiger partial charge < -0.3 is 5.73 Å². The number of anilines is 1. The lowest BCUT2D eigenvalue weighted by Crippen LogP contribution is -1.87. The summed E-state index contributed by atoms with van der Waals surface area (Å²) in [7, 11) is 0. The van der Waals surface area contributed by atoms with Crippen LogP contribution < -0.4 is 5.73 Å². The van der Waals surface area contributed by atoms with Gasteiger partial charge in [0.25, 0.3) is 0 Å². The molecule has 1 aromatic heterocycles. The van der Waals surface area contributed by atoms with Gasteiger partial charge in [0.2, 0.25) is 0 Å². The minimum absolute atomic E-state index is 0.790. The highest BCUT2D eigenvalue weighted by atomic mass is 127. The van der Waals surface area contributed by atoms with Gasteiger partial charge in [-0.25, -0.2) is 0 Å². The maximum atomic E-state index is 5.95. The minimum atomic E-state index is 0.790. The second-order valence-electron chi connectivity index (χ2n) is 2.42. The molecule has 0 saturated heterocycles. The highest BCUT2D eigenvalue weighted by Crippen LogP contribution is 2.35. The van der Waals surface area contributed by atoms with Gasteiger partial charge in [0.15, 0.2) is 0 Å². The van der Waals surface area contributed by atoms with Crippen molar-refractivity contribution < 1.29 is 0 Å². The molecule has 0 atom stereocenters. The maximum Gasteiger partial charge on any atom is 0.0631 e. The van der Waals surface area contributed by atoms with Gasteiger partial charge in [-0.1, -0.05) is 17.7 Å². The van der Waals surface area contributed by atoms with Crippen molar-refractivity contribution in [3.05, 3.63) is 26.1 Å². The lowest BCUT2D eigenvalue weighted by atomic mass is 10.2. The average molecular weight is 310 g/mol. The van der Waals surface area contributed by atoms with Crippen LogP contribution in [0.15, 0.2) is 17.5 Å². The first-order valence-electron chi connectivity index (χ1n) is 3.31. The largest absolute Gasteiger partial charge is 0.397 e. The molecule has 0 aliphatic heterocycles. The normalized spacial score (nSPS) is 10.8. The Morgan fingerprint density at radius 2 is 2.17 bits per heavy atom. The van der Waals surface area contributed by atoms with Gasteiger partial charge in [-0.05, 0) is 28.7 Å². The van der Waals surface area contributed by atoms with Crippen LogP contribution >= 0.6 is 45.5 Å². The van der Waals surface area contributed by atoms with Crippen molar-refractivity contribution in [2.45, 2.75) is 0 Å². The highest BCUT2D eigenvalue weighted by molar-refractivity contribution is 14.1. The molecule has 1 nitrogen and oxygen atoms in total. The van der Waals surface area contributed by atoms with Gasteiger partial charge in [0.05, 0.1) is 15.4 Å². The van der Waals surface area contributed by atoms with Crippen molar-refractivity contribution in [3.63, 3.8) is 0 Å². The molecule has 1 heterocycles. The van der Waals surface area contributed by atoms with Crippen LogP contribution in [0.2, 0.25) is 5.02 Å².